The van der Waals surface area contributed by atoms with E-state index in [1.165, 1.54) is 0 Å². The van der Waals surface area contributed by atoms with Crippen LogP contribution in [0.5, 0.6) is 0 Å². The van der Waals surface area contributed by atoms with Gasteiger partial charge in [0.15, 0.2) is 12.2 Å². The quantitative estimate of drug-likeness (QED) is 0.633. The third-order valence-corrected chi connectivity index (χ3v) is 2.13. The highest BCUT2D eigenvalue weighted by Crippen LogP contribution is 2.22. The lowest BCUT2D eigenvalue weighted by Crippen LogP contribution is -2.39. The van der Waals surface area contributed by atoms with Gasteiger partial charge in [0.25, 0.3) is 6.48 Å². The fourth-order valence-corrected chi connectivity index (χ4v) is 1.44. The highest BCUT2D eigenvalue weighted by Gasteiger charge is 2.47. The van der Waals surface area contributed by atoms with Crippen LogP contribution in [0.3, 0.4) is 0 Å². The molecule has 1 saturated heterocycles. The van der Waals surface area contributed by atoms with Gasteiger partial charge in [-0.1, -0.05) is 0 Å². The second-order valence-corrected chi connectivity index (χ2v) is 3.36. The number of hydrogen-bond donors (Lipinski definition) is 0. The van der Waals surface area contributed by atoms with Gasteiger partial charge in [-0.15, -0.1) is 0 Å². The maximum absolute atomic E-state index is 11.6. The summed E-state index contributed by atoms with van der Waals surface area (Å²) >= 11 is 0. The summed E-state index contributed by atoms with van der Waals surface area (Å²) in [5.74, 6) is -1.34. The van der Waals surface area contributed by atoms with E-state index in [2.05, 4.69) is 0 Å². The summed E-state index contributed by atoms with van der Waals surface area (Å²) in [6.07, 6.45) is -2.30. The third-order valence-electron chi connectivity index (χ3n) is 2.13. The standard InChI is InChI=1S/C11H18O7/c1-4-14-9(12)7-8(10(13)15-5-2)18-11(17-7)16-6-3/h7-8,11H,4-6H2,1-3H3/t7-,8-/m0/s1. The van der Waals surface area contributed by atoms with Crippen LogP contribution in [0.2, 0.25) is 0 Å². The van der Waals surface area contributed by atoms with Gasteiger partial charge >= 0.3 is 11.9 Å². The molecular weight excluding hydrogens is 244 g/mol. The van der Waals surface area contributed by atoms with Crippen LogP contribution < -0.4 is 0 Å². The van der Waals surface area contributed by atoms with E-state index in [1.54, 1.807) is 20.8 Å². The summed E-state index contributed by atoms with van der Waals surface area (Å²) in [4.78, 5) is 23.2. The predicted octanol–water partition coefficient (Wildman–Crippen LogP) is 0.217. The van der Waals surface area contributed by atoms with Crippen molar-refractivity contribution in [3.05, 3.63) is 0 Å². The third kappa shape index (κ3) is 3.66. The lowest BCUT2D eigenvalue weighted by atomic mass is 10.2. The van der Waals surface area contributed by atoms with Crippen molar-refractivity contribution < 1.29 is 33.3 Å². The summed E-state index contributed by atoms with van der Waals surface area (Å²) in [6, 6.07) is 0. The summed E-state index contributed by atoms with van der Waals surface area (Å²) in [7, 11) is 0. The Hall–Kier alpha value is -1.18. The average Bonchev–Trinajstić information content (AvgIpc) is 2.74. The van der Waals surface area contributed by atoms with Gasteiger partial charge in [0.2, 0.25) is 0 Å². The first-order chi connectivity index (χ1) is 8.63. The van der Waals surface area contributed by atoms with Crippen molar-refractivity contribution in [2.75, 3.05) is 19.8 Å². The Kier molecular flexibility index (Phi) is 6.03. The minimum atomic E-state index is -1.15. The van der Waals surface area contributed by atoms with Crippen molar-refractivity contribution in [3.63, 3.8) is 0 Å². The van der Waals surface area contributed by atoms with E-state index in [4.69, 9.17) is 23.7 Å². The van der Waals surface area contributed by atoms with Crippen LogP contribution in [0.1, 0.15) is 20.8 Å². The molecule has 0 N–H and O–H groups in total. The molecule has 1 aliphatic rings. The summed E-state index contributed by atoms with van der Waals surface area (Å²) in [5, 5.41) is 0. The SMILES string of the molecule is CCOC(=O)[C@H]1OC(OCC)O[C@@H]1C(=O)OCC. The van der Waals surface area contributed by atoms with Crippen LogP contribution in [-0.2, 0) is 33.3 Å². The first kappa shape index (κ1) is 14.9. The predicted molar refractivity (Wildman–Crippen MR) is 58.4 cm³/mol. The van der Waals surface area contributed by atoms with Gasteiger partial charge in [-0.05, 0) is 20.8 Å². The van der Waals surface area contributed by atoms with E-state index in [-0.39, 0.29) is 13.2 Å². The second-order valence-electron chi connectivity index (χ2n) is 3.36. The van der Waals surface area contributed by atoms with Crippen molar-refractivity contribution in [1.29, 1.82) is 0 Å². The molecule has 0 spiro atoms. The Balaban J connectivity index is 2.69. The first-order valence-corrected chi connectivity index (χ1v) is 5.89. The Morgan fingerprint density at radius 2 is 1.33 bits per heavy atom. The number of ether oxygens (including phenoxy) is 5. The van der Waals surface area contributed by atoms with Gasteiger partial charge in [-0.25, -0.2) is 9.59 Å². The average molecular weight is 262 g/mol. The lowest BCUT2D eigenvalue weighted by Gasteiger charge is -2.13. The van der Waals surface area contributed by atoms with Crippen LogP contribution in [0.4, 0.5) is 0 Å². The first-order valence-electron chi connectivity index (χ1n) is 5.89. The van der Waals surface area contributed by atoms with Crippen LogP contribution in [0, 0.1) is 0 Å². The number of rotatable bonds is 6. The minimum Gasteiger partial charge on any atom is -0.464 e. The lowest BCUT2D eigenvalue weighted by molar-refractivity contribution is -0.242. The molecule has 7 nitrogen and oxygen atoms in total. The van der Waals surface area contributed by atoms with Crippen LogP contribution in [0.15, 0.2) is 0 Å². The molecule has 18 heavy (non-hydrogen) atoms. The number of carbonyl (C=O) groups excluding carboxylic acids is 2. The fraction of sp³-hybridized carbons (Fsp3) is 0.818. The zero-order valence-corrected chi connectivity index (χ0v) is 10.7. The number of esters is 2. The van der Waals surface area contributed by atoms with Crippen LogP contribution in [0.25, 0.3) is 0 Å². The number of carbonyl (C=O) groups is 2. The van der Waals surface area contributed by atoms with E-state index in [1.807, 2.05) is 0 Å². The Morgan fingerprint density at radius 1 is 0.889 bits per heavy atom. The smallest absolute Gasteiger partial charge is 0.338 e. The highest BCUT2D eigenvalue weighted by atomic mass is 16.9. The molecule has 1 aliphatic heterocycles. The van der Waals surface area contributed by atoms with E-state index in [0.29, 0.717) is 6.61 Å². The molecule has 2 atom stereocenters. The van der Waals surface area contributed by atoms with Crippen molar-refractivity contribution in [1.82, 2.24) is 0 Å². The molecule has 0 unspecified atom stereocenters. The summed E-state index contributed by atoms with van der Waals surface area (Å²) in [6.45, 7) is 4.71. The van der Waals surface area contributed by atoms with Gasteiger partial charge in [-0.2, -0.15) is 0 Å². The summed E-state index contributed by atoms with van der Waals surface area (Å²) < 4.78 is 25.0. The van der Waals surface area contributed by atoms with Crippen molar-refractivity contribution in [3.8, 4) is 0 Å². The molecule has 104 valence electrons. The van der Waals surface area contributed by atoms with Gasteiger partial charge in [0.1, 0.15) is 0 Å². The molecule has 0 aromatic carbocycles. The summed E-state index contributed by atoms with van der Waals surface area (Å²) in [5.41, 5.74) is 0. The molecule has 0 bridgehead atoms. The van der Waals surface area contributed by atoms with Gasteiger partial charge in [0.05, 0.1) is 13.2 Å². The second kappa shape index (κ2) is 7.30. The Bertz CT molecular complexity index is 265. The maximum Gasteiger partial charge on any atom is 0.338 e. The molecule has 0 saturated carbocycles. The van der Waals surface area contributed by atoms with E-state index >= 15 is 0 Å². The molecule has 0 amide bonds. The van der Waals surface area contributed by atoms with Crippen molar-refractivity contribution >= 4 is 11.9 Å². The number of hydrogen-bond acceptors (Lipinski definition) is 7. The fourth-order valence-electron chi connectivity index (χ4n) is 1.44. The van der Waals surface area contributed by atoms with Crippen LogP contribution in [-0.4, -0.2) is 50.4 Å². The van der Waals surface area contributed by atoms with Gasteiger partial charge < -0.3 is 23.7 Å². The van der Waals surface area contributed by atoms with Crippen molar-refractivity contribution in [2.45, 2.75) is 39.5 Å². The minimum absolute atomic E-state index is 0.188. The molecular formula is C11H18O7. The molecule has 1 fully saturated rings. The highest BCUT2D eigenvalue weighted by molar-refractivity contribution is 5.86. The zero-order valence-electron chi connectivity index (χ0n) is 10.7. The monoisotopic (exact) mass is 262 g/mol. The van der Waals surface area contributed by atoms with Crippen LogP contribution >= 0.6 is 0 Å². The normalized spacial score (nSPS) is 23.9. The Morgan fingerprint density at radius 3 is 1.67 bits per heavy atom. The van der Waals surface area contributed by atoms with E-state index in [0.717, 1.165) is 0 Å². The van der Waals surface area contributed by atoms with E-state index < -0.39 is 30.6 Å². The topological polar surface area (TPSA) is 80.3 Å². The molecule has 0 aromatic heterocycles. The molecule has 0 aromatic rings. The molecule has 0 radical (unpaired) electrons. The molecule has 1 heterocycles. The van der Waals surface area contributed by atoms with E-state index in [9.17, 15) is 9.59 Å². The molecule has 0 aliphatic carbocycles. The largest absolute Gasteiger partial charge is 0.464 e. The van der Waals surface area contributed by atoms with Crippen molar-refractivity contribution in [2.24, 2.45) is 0 Å². The van der Waals surface area contributed by atoms with Gasteiger partial charge in [-0.3, -0.25) is 0 Å². The Labute approximate surface area is 105 Å². The zero-order chi connectivity index (χ0) is 13.5. The molecule has 1 rings (SSSR count). The van der Waals surface area contributed by atoms with Gasteiger partial charge in [0, 0.05) is 6.61 Å². The molecule has 7 heteroatoms. The maximum atomic E-state index is 11.6.